The summed E-state index contributed by atoms with van der Waals surface area (Å²) in [6.45, 7) is 10.9. The highest BCUT2D eigenvalue weighted by atomic mass is 16.5. The molecule has 0 saturated carbocycles. The molecule has 2 heterocycles. The van der Waals surface area contributed by atoms with Crippen molar-refractivity contribution in [1.29, 1.82) is 0 Å². The topological polar surface area (TPSA) is 54.7 Å². The number of ether oxygens (including phenoxy) is 1. The van der Waals surface area contributed by atoms with Crippen molar-refractivity contribution in [3.05, 3.63) is 46.4 Å². The molecule has 1 fully saturated rings. The summed E-state index contributed by atoms with van der Waals surface area (Å²) in [7, 11) is 0. The minimum atomic E-state index is -0.121. The van der Waals surface area contributed by atoms with E-state index in [0.29, 0.717) is 11.3 Å². The molecule has 1 aromatic carbocycles. The lowest BCUT2D eigenvalue weighted by molar-refractivity contribution is 0.102. The minimum absolute atomic E-state index is 0.121. The zero-order chi connectivity index (χ0) is 17.3. The first-order valence-corrected chi connectivity index (χ1v) is 8.28. The zero-order valence-corrected chi connectivity index (χ0v) is 14.7. The molecule has 1 N–H and O–H groups in total. The fraction of sp³-hybridized carbons (Fsp3) is 0.421. The molecule has 0 unspecified atom stereocenters. The third-order valence-corrected chi connectivity index (χ3v) is 4.62. The van der Waals surface area contributed by atoms with Gasteiger partial charge in [0.2, 0.25) is 0 Å². The van der Waals surface area contributed by atoms with Gasteiger partial charge in [-0.1, -0.05) is 0 Å². The number of hydrogen-bond donors (Lipinski definition) is 1. The van der Waals surface area contributed by atoms with Crippen molar-refractivity contribution in [3.8, 4) is 0 Å². The molecule has 128 valence electrons. The molecule has 1 amide bonds. The van der Waals surface area contributed by atoms with Gasteiger partial charge >= 0.3 is 0 Å². The predicted molar refractivity (Wildman–Crippen MR) is 95.1 cm³/mol. The van der Waals surface area contributed by atoms with Crippen LogP contribution in [-0.4, -0.2) is 32.2 Å². The van der Waals surface area contributed by atoms with E-state index in [-0.39, 0.29) is 5.91 Å². The molecular weight excluding hydrogens is 304 g/mol. The predicted octanol–water partition coefficient (Wildman–Crippen LogP) is 3.60. The maximum atomic E-state index is 12.6. The highest BCUT2D eigenvalue weighted by molar-refractivity contribution is 6.06. The summed E-state index contributed by atoms with van der Waals surface area (Å²) >= 11 is 0. The van der Waals surface area contributed by atoms with Gasteiger partial charge in [0.15, 0.2) is 0 Å². The number of furan rings is 1. The number of benzene rings is 1. The molecule has 3 rings (SSSR count). The molecule has 2 aromatic rings. The van der Waals surface area contributed by atoms with Crippen molar-refractivity contribution in [2.75, 3.05) is 36.5 Å². The molecule has 0 bridgehead atoms. The van der Waals surface area contributed by atoms with Crippen LogP contribution < -0.4 is 10.2 Å². The monoisotopic (exact) mass is 328 g/mol. The van der Waals surface area contributed by atoms with Gasteiger partial charge in [-0.3, -0.25) is 4.79 Å². The third-order valence-electron chi connectivity index (χ3n) is 4.62. The second-order valence-corrected chi connectivity index (χ2v) is 6.27. The van der Waals surface area contributed by atoms with E-state index in [1.807, 2.05) is 39.8 Å². The van der Waals surface area contributed by atoms with Gasteiger partial charge in [0.25, 0.3) is 5.91 Å². The second-order valence-electron chi connectivity index (χ2n) is 6.27. The van der Waals surface area contributed by atoms with E-state index in [1.54, 1.807) is 0 Å². The van der Waals surface area contributed by atoms with Crippen LogP contribution in [0.1, 0.15) is 33.0 Å². The Morgan fingerprint density at radius 3 is 2.38 bits per heavy atom. The Kier molecular flexibility index (Phi) is 4.62. The number of amides is 1. The van der Waals surface area contributed by atoms with E-state index in [9.17, 15) is 4.79 Å². The van der Waals surface area contributed by atoms with Gasteiger partial charge in [-0.25, -0.2) is 0 Å². The Bertz CT molecular complexity index is 758. The van der Waals surface area contributed by atoms with Crippen LogP contribution in [0.4, 0.5) is 11.4 Å². The summed E-state index contributed by atoms with van der Waals surface area (Å²) in [5.74, 6) is 1.33. The first-order chi connectivity index (χ1) is 11.5. The molecular formula is C19H24N2O3. The fourth-order valence-corrected chi connectivity index (χ4v) is 3.12. The molecule has 0 atom stereocenters. The Morgan fingerprint density at radius 1 is 1.08 bits per heavy atom. The molecule has 0 spiro atoms. The van der Waals surface area contributed by atoms with Crippen molar-refractivity contribution < 1.29 is 13.9 Å². The van der Waals surface area contributed by atoms with Crippen molar-refractivity contribution in [2.45, 2.75) is 27.7 Å². The van der Waals surface area contributed by atoms with E-state index < -0.39 is 0 Å². The normalized spacial score (nSPS) is 14.8. The number of morpholine rings is 1. The Hall–Kier alpha value is -2.27. The number of nitrogens with zero attached hydrogens (tertiary/aromatic N) is 1. The molecule has 24 heavy (non-hydrogen) atoms. The zero-order valence-electron chi connectivity index (χ0n) is 14.7. The van der Waals surface area contributed by atoms with Crippen LogP contribution in [0.2, 0.25) is 0 Å². The standard InChI is InChI=1S/C19H24N2O3/c1-12-11-16(21-7-9-23-10-8-21)5-6-17(12)20-19(22)18-13(2)14(3)24-15(18)4/h5-6,11H,7-10H2,1-4H3,(H,20,22). The molecule has 0 radical (unpaired) electrons. The van der Waals surface area contributed by atoms with Gasteiger partial charge in [0, 0.05) is 30.0 Å². The van der Waals surface area contributed by atoms with Gasteiger partial charge in [0.05, 0.1) is 18.8 Å². The number of carbonyl (C=O) groups is 1. The highest BCUT2D eigenvalue weighted by Crippen LogP contribution is 2.26. The van der Waals surface area contributed by atoms with Crippen LogP contribution in [0.25, 0.3) is 0 Å². The van der Waals surface area contributed by atoms with E-state index >= 15 is 0 Å². The molecule has 1 aliphatic heterocycles. The maximum absolute atomic E-state index is 12.6. The SMILES string of the molecule is Cc1cc(N2CCOCC2)ccc1NC(=O)c1c(C)oc(C)c1C. The summed E-state index contributed by atoms with van der Waals surface area (Å²) in [4.78, 5) is 14.9. The molecule has 0 aliphatic carbocycles. The smallest absolute Gasteiger partial charge is 0.259 e. The van der Waals surface area contributed by atoms with Crippen LogP contribution in [0.3, 0.4) is 0 Å². The van der Waals surface area contributed by atoms with Crippen LogP contribution in [-0.2, 0) is 4.74 Å². The summed E-state index contributed by atoms with van der Waals surface area (Å²) < 4.78 is 10.9. The molecule has 1 aromatic heterocycles. The fourth-order valence-electron chi connectivity index (χ4n) is 3.12. The van der Waals surface area contributed by atoms with E-state index in [4.69, 9.17) is 9.15 Å². The van der Waals surface area contributed by atoms with Gasteiger partial charge in [0.1, 0.15) is 11.5 Å². The van der Waals surface area contributed by atoms with Crippen molar-refractivity contribution in [1.82, 2.24) is 0 Å². The van der Waals surface area contributed by atoms with Crippen molar-refractivity contribution >= 4 is 17.3 Å². The third kappa shape index (κ3) is 3.17. The first-order valence-electron chi connectivity index (χ1n) is 8.28. The average molecular weight is 328 g/mol. The lowest BCUT2D eigenvalue weighted by Crippen LogP contribution is -2.36. The quantitative estimate of drug-likeness (QED) is 0.935. The largest absolute Gasteiger partial charge is 0.466 e. The van der Waals surface area contributed by atoms with Gasteiger partial charge in [-0.05, 0) is 51.5 Å². The summed E-state index contributed by atoms with van der Waals surface area (Å²) in [5, 5.41) is 3.01. The maximum Gasteiger partial charge on any atom is 0.259 e. The van der Waals surface area contributed by atoms with Gasteiger partial charge in [-0.2, -0.15) is 0 Å². The molecule has 1 aliphatic rings. The van der Waals surface area contributed by atoms with Crippen LogP contribution in [0, 0.1) is 27.7 Å². The van der Waals surface area contributed by atoms with Crippen LogP contribution >= 0.6 is 0 Å². The average Bonchev–Trinajstić information content (AvgIpc) is 2.82. The minimum Gasteiger partial charge on any atom is -0.466 e. The number of hydrogen-bond acceptors (Lipinski definition) is 4. The number of nitrogens with one attached hydrogen (secondary N) is 1. The van der Waals surface area contributed by atoms with E-state index in [2.05, 4.69) is 16.3 Å². The molecule has 1 saturated heterocycles. The van der Waals surface area contributed by atoms with Crippen molar-refractivity contribution in [2.24, 2.45) is 0 Å². The van der Waals surface area contributed by atoms with Gasteiger partial charge in [-0.15, -0.1) is 0 Å². The highest BCUT2D eigenvalue weighted by Gasteiger charge is 2.19. The molecule has 5 heteroatoms. The van der Waals surface area contributed by atoms with Crippen molar-refractivity contribution in [3.63, 3.8) is 0 Å². The van der Waals surface area contributed by atoms with E-state index in [1.165, 1.54) is 5.69 Å². The Labute approximate surface area is 142 Å². The number of rotatable bonds is 3. The Morgan fingerprint density at radius 2 is 1.79 bits per heavy atom. The summed E-state index contributed by atoms with van der Waals surface area (Å²) in [5.41, 5.74) is 4.56. The Balaban J connectivity index is 1.79. The summed E-state index contributed by atoms with van der Waals surface area (Å²) in [6, 6.07) is 6.13. The number of anilines is 2. The number of carbonyl (C=O) groups excluding carboxylic acids is 1. The second kappa shape index (κ2) is 6.69. The van der Waals surface area contributed by atoms with Gasteiger partial charge < -0.3 is 19.4 Å². The first kappa shape index (κ1) is 16.6. The van der Waals surface area contributed by atoms with Crippen LogP contribution in [0.5, 0.6) is 0 Å². The van der Waals surface area contributed by atoms with Crippen LogP contribution in [0.15, 0.2) is 22.6 Å². The molecule has 5 nitrogen and oxygen atoms in total. The lowest BCUT2D eigenvalue weighted by atomic mass is 10.1. The summed E-state index contributed by atoms with van der Waals surface area (Å²) in [6.07, 6.45) is 0. The van der Waals surface area contributed by atoms with E-state index in [0.717, 1.165) is 48.9 Å². The number of aryl methyl sites for hydroxylation is 3. The lowest BCUT2D eigenvalue weighted by Gasteiger charge is -2.29.